The summed E-state index contributed by atoms with van der Waals surface area (Å²) in [5, 5.41) is 0. The molecule has 0 heterocycles. The van der Waals surface area contributed by atoms with Crippen LogP contribution in [0.15, 0.2) is 0 Å². The molecule has 0 aromatic rings. The summed E-state index contributed by atoms with van der Waals surface area (Å²) in [6.45, 7) is 7.17. The van der Waals surface area contributed by atoms with E-state index in [4.69, 9.17) is 5.73 Å². The van der Waals surface area contributed by atoms with Crippen molar-refractivity contribution in [2.45, 2.75) is 65.3 Å². The smallest absolute Gasteiger partial charge is 0.00673 e. The van der Waals surface area contributed by atoms with Crippen molar-refractivity contribution in [3.63, 3.8) is 0 Å². The zero-order chi connectivity index (χ0) is 10.4. The van der Waals surface area contributed by atoms with Gasteiger partial charge in [-0.2, -0.15) is 0 Å². The molecular weight excluding hydrogens is 170 g/mol. The van der Waals surface area contributed by atoms with E-state index >= 15 is 0 Å². The highest BCUT2D eigenvalue weighted by Gasteiger charge is 2.51. The van der Waals surface area contributed by atoms with Gasteiger partial charge in [-0.05, 0) is 55.3 Å². The minimum absolute atomic E-state index is 0.496. The third kappa shape index (κ3) is 1.98. The predicted molar refractivity (Wildman–Crippen MR) is 61.1 cm³/mol. The Kier molecular flexibility index (Phi) is 2.42. The highest BCUT2D eigenvalue weighted by Crippen LogP contribution is 2.61. The lowest BCUT2D eigenvalue weighted by Gasteiger charge is -2.31. The quantitative estimate of drug-likeness (QED) is 0.731. The molecule has 0 radical (unpaired) electrons. The summed E-state index contributed by atoms with van der Waals surface area (Å²) < 4.78 is 0. The van der Waals surface area contributed by atoms with E-state index in [9.17, 15) is 0 Å². The molecule has 0 aliphatic heterocycles. The molecule has 2 N–H and O–H groups in total. The molecule has 1 nitrogen and oxygen atoms in total. The molecule has 82 valence electrons. The lowest BCUT2D eigenvalue weighted by molar-refractivity contribution is 0.189. The highest BCUT2D eigenvalue weighted by atomic mass is 14.7. The van der Waals surface area contributed by atoms with Crippen LogP contribution in [0.1, 0.15) is 59.3 Å². The van der Waals surface area contributed by atoms with Crippen LogP contribution < -0.4 is 5.73 Å². The Morgan fingerprint density at radius 1 is 1.29 bits per heavy atom. The summed E-state index contributed by atoms with van der Waals surface area (Å²) in [5.74, 6) is 0.880. The van der Waals surface area contributed by atoms with Crippen LogP contribution in [-0.4, -0.2) is 6.04 Å². The van der Waals surface area contributed by atoms with Crippen LogP contribution >= 0.6 is 0 Å². The lowest BCUT2D eigenvalue weighted by Crippen LogP contribution is -2.27. The minimum Gasteiger partial charge on any atom is -0.327 e. The number of nitrogens with two attached hydrogens (primary N) is 1. The zero-order valence-electron chi connectivity index (χ0n) is 9.97. The predicted octanol–water partition coefficient (Wildman–Crippen LogP) is 3.33. The fourth-order valence-electron chi connectivity index (χ4n) is 2.73. The van der Waals surface area contributed by atoms with Crippen molar-refractivity contribution < 1.29 is 0 Å². The first-order chi connectivity index (χ1) is 6.45. The fourth-order valence-corrected chi connectivity index (χ4v) is 2.73. The van der Waals surface area contributed by atoms with Crippen molar-refractivity contribution in [2.75, 3.05) is 0 Å². The van der Waals surface area contributed by atoms with Gasteiger partial charge < -0.3 is 5.73 Å². The molecule has 2 fully saturated rings. The second kappa shape index (κ2) is 3.23. The molecular formula is C13H25N. The van der Waals surface area contributed by atoms with E-state index in [0.717, 1.165) is 5.92 Å². The van der Waals surface area contributed by atoms with Crippen LogP contribution in [0.2, 0.25) is 0 Å². The first-order valence-corrected chi connectivity index (χ1v) is 6.20. The molecule has 0 saturated heterocycles. The van der Waals surface area contributed by atoms with Crippen molar-refractivity contribution in [3.05, 3.63) is 0 Å². The summed E-state index contributed by atoms with van der Waals surface area (Å²) in [7, 11) is 0. The Bertz CT molecular complexity index is 206. The summed E-state index contributed by atoms with van der Waals surface area (Å²) in [6.07, 6.45) is 8.30. The standard InChI is InChI=1S/C13H25N/c1-12(2,3)13(8-9-13)7-6-11(14)10-4-5-10/h10-11H,4-9,14H2,1-3H3. The van der Waals surface area contributed by atoms with Crippen LogP contribution in [0.25, 0.3) is 0 Å². The van der Waals surface area contributed by atoms with Crippen LogP contribution in [0.5, 0.6) is 0 Å². The van der Waals surface area contributed by atoms with E-state index in [2.05, 4.69) is 20.8 Å². The van der Waals surface area contributed by atoms with Gasteiger partial charge in [0, 0.05) is 6.04 Å². The highest BCUT2D eigenvalue weighted by molar-refractivity contribution is 5.02. The normalized spacial score (nSPS) is 27.4. The molecule has 0 bridgehead atoms. The largest absolute Gasteiger partial charge is 0.327 e. The van der Waals surface area contributed by atoms with Gasteiger partial charge in [-0.25, -0.2) is 0 Å². The Morgan fingerprint density at radius 2 is 1.86 bits per heavy atom. The van der Waals surface area contributed by atoms with Crippen molar-refractivity contribution in [3.8, 4) is 0 Å². The summed E-state index contributed by atoms with van der Waals surface area (Å²) in [4.78, 5) is 0. The van der Waals surface area contributed by atoms with Crippen LogP contribution in [0, 0.1) is 16.7 Å². The second-order valence-electron chi connectivity index (χ2n) is 6.57. The summed E-state index contributed by atoms with van der Waals surface area (Å²) in [5.41, 5.74) is 7.31. The monoisotopic (exact) mass is 195 g/mol. The van der Waals surface area contributed by atoms with Gasteiger partial charge in [0.05, 0.1) is 0 Å². The third-order valence-corrected chi connectivity index (χ3v) is 4.63. The van der Waals surface area contributed by atoms with E-state index < -0.39 is 0 Å². The summed E-state index contributed by atoms with van der Waals surface area (Å²) in [6, 6.07) is 0.509. The van der Waals surface area contributed by atoms with Gasteiger partial charge in [0.15, 0.2) is 0 Å². The van der Waals surface area contributed by atoms with E-state index in [1.807, 2.05) is 0 Å². The lowest BCUT2D eigenvalue weighted by atomic mass is 9.74. The molecule has 2 rings (SSSR count). The molecule has 0 spiro atoms. The fraction of sp³-hybridized carbons (Fsp3) is 1.00. The Balaban J connectivity index is 1.79. The maximum absolute atomic E-state index is 6.16. The average Bonchev–Trinajstić information content (AvgIpc) is 2.92. The zero-order valence-corrected chi connectivity index (χ0v) is 9.97. The minimum atomic E-state index is 0.496. The van der Waals surface area contributed by atoms with Gasteiger partial charge in [-0.3, -0.25) is 0 Å². The van der Waals surface area contributed by atoms with Gasteiger partial charge in [-0.15, -0.1) is 0 Å². The van der Waals surface area contributed by atoms with Gasteiger partial charge >= 0.3 is 0 Å². The van der Waals surface area contributed by atoms with Crippen LogP contribution in [0.3, 0.4) is 0 Å². The first kappa shape index (κ1) is 10.5. The maximum atomic E-state index is 6.16. The molecule has 1 unspecified atom stereocenters. The average molecular weight is 195 g/mol. The summed E-state index contributed by atoms with van der Waals surface area (Å²) >= 11 is 0. The SMILES string of the molecule is CC(C)(C)C1(CCC(N)C2CC2)CC1. The van der Waals surface area contributed by atoms with Gasteiger partial charge in [-0.1, -0.05) is 20.8 Å². The molecule has 2 aliphatic rings. The molecule has 0 aromatic carbocycles. The van der Waals surface area contributed by atoms with E-state index in [0.29, 0.717) is 16.9 Å². The van der Waals surface area contributed by atoms with E-state index in [1.54, 1.807) is 0 Å². The first-order valence-electron chi connectivity index (χ1n) is 6.20. The van der Waals surface area contributed by atoms with Crippen molar-refractivity contribution in [2.24, 2.45) is 22.5 Å². The molecule has 14 heavy (non-hydrogen) atoms. The Hall–Kier alpha value is -0.0400. The Morgan fingerprint density at radius 3 is 2.21 bits per heavy atom. The van der Waals surface area contributed by atoms with Crippen LogP contribution in [-0.2, 0) is 0 Å². The number of rotatable bonds is 4. The van der Waals surface area contributed by atoms with Crippen molar-refractivity contribution in [1.82, 2.24) is 0 Å². The maximum Gasteiger partial charge on any atom is 0.00673 e. The molecule has 2 saturated carbocycles. The third-order valence-electron chi connectivity index (χ3n) is 4.63. The van der Waals surface area contributed by atoms with Gasteiger partial charge in [0.2, 0.25) is 0 Å². The van der Waals surface area contributed by atoms with Gasteiger partial charge in [0.1, 0.15) is 0 Å². The topological polar surface area (TPSA) is 26.0 Å². The molecule has 0 amide bonds. The Labute approximate surface area is 88.4 Å². The molecule has 1 heteroatoms. The molecule has 0 aromatic heterocycles. The number of hydrogen-bond acceptors (Lipinski definition) is 1. The van der Waals surface area contributed by atoms with Crippen molar-refractivity contribution in [1.29, 1.82) is 0 Å². The van der Waals surface area contributed by atoms with E-state index in [-0.39, 0.29) is 0 Å². The number of hydrogen-bond donors (Lipinski definition) is 1. The molecule has 1 atom stereocenters. The molecule has 2 aliphatic carbocycles. The van der Waals surface area contributed by atoms with Crippen LogP contribution in [0.4, 0.5) is 0 Å². The van der Waals surface area contributed by atoms with Gasteiger partial charge in [0.25, 0.3) is 0 Å². The second-order valence-corrected chi connectivity index (χ2v) is 6.57. The van der Waals surface area contributed by atoms with E-state index in [1.165, 1.54) is 38.5 Å². The van der Waals surface area contributed by atoms with Crippen molar-refractivity contribution >= 4 is 0 Å².